The van der Waals surface area contributed by atoms with Crippen LogP contribution < -0.4 is 0 Å². The Hall–Kier alpha value is -1.30. The van der Waals surface area contributed by atoms with Gasteiger partial charge in [0.05, 0.1) is 0 Å². The molecule has 1 aromatic rings. The molecule has 2 aliphatic rings. The van der Waals surface area contributed by atoms with Gasteiger partial charge in [-0.15, -0.1) is 0 Å². The summed E-state index contributed by atoms with van der Waals surface area (Å²) in [5, 5.41) is 0. The van der Waals surface area contributed by atoms with Crippen LogP contribution in [0.5, 0.6) is 0 Å². The summed E-state index contributed by atoms with van der Waals surface area (Å²) < 4.78 is 0. The highest BCUT2D eigenvalue weighted by Gasteiger charge is 2.45. The van der Waals surface area contributed by atoms with Crippen LogP contribution in [0.1, 0.15) is 89.5 Å². The summed E-state index contributed by atoms with van der Waals surface area (Å²) >= 11 is 0. The Bertz CT molecular complexity index is 706. The van der Waals surface area contributed by atoms with E-state index in [0.29, 0.717) is 16.2 Å². The molecule has 24 heavy (non-hydrogen) atoms. The highest BCUT2D eigenvalue weighted by Crippen LogP contribution is 2.54. The maximum absolute atomic E-state index is 2.58. The Morgan fingerprint density at radius 1 is 0.875 bits per heavy atom. The molecule has 0 bridgehead atoms. The molecule has 1 aromatic carbocycles. The highest BCUT2D eigenvalue weighted by molar-refractivity contribution is 5.52. The maximum Gasteiger partial charge on any atom is 0.0139 e. The van der Waals surface area contributed by atoms with Crippen LogP contribution in [0.2, 0.25) is 0 Å². The van der Waals surface area contributed by atoms with Crippen molar-refractivity contribution in [2.45, 2.75) is 90.4 Å². The molecule has 0 saturated heterocycles. The molecule has 0 aliphatic heterocycles. The molecular weight excluding hydrogens is 288 g/mol. The van der Waals surface area contributed by atoms with E-state index >= 15 is 0 Å². The Balaban J connectivity index is 2.11. The number of hydrogen-bond acceptors (Lipinski definition) is 0. The fourth-order valence-corrected chi connectivity index (χ4v) is 4.31. The number of aryl methyl sites for hydroxylation is 1. The standard InChI is InChI=1S/C24H34/c1-8-17(2)9-10-24(13-14-24)19-16-21-20(15-18(19)3)22(4,5)11-12-23(21,6)7/h8-10,15-16H,11-14H2,1-7H3/b10-9+,17-8+. The van der Waals surface area contributed by atoms with E-state index in [1.807, 2.05) is 0 Å². The van der Waals surface area contributed by atoms with Crippen LogP contribution in [-0.4, -0.2) is 0 Å². The Morgan fingerprint density at radius 2 is 1.42 bits per heavy atom. The second-order valence-electron chi connectivity index (χ2n) is 9.50. The normalized spacial score (nSPS) is 24.0. The van der Waals surface area contributed by atoms with Crippen molar-refractivity contribution in [2.75, 3.05) is 0 Å². The van der Waals surface area contributed by atoms with Crippen molar-refractivity contribution >= 4 is 0 Å². The SMILES string of the molecule is C/C=C(C)/C=C/C1(c2cc3c(cc2C)C(C)(C)CCC3(C)C)CC1. The van der Waals surface area contributed by atoms with Gasteiger partial charge in [-0.05, 0) is 79.5 Å². The molecule has 1 saturated carbocycles. The molecule has 0 nitrogen and oxygen atoms in total. The zero-order valence-corrected chi connectivity index (χ0v) is 16.7. The van der Waals surface area contributed by atoms with Crippen molar-refractivity contribution in [1.29, 1.82) is 0 Å². The van der Waals surface area contributed by atoms with Gasteiger partial charge in [-0.25, -0.2) is 0 Å². The lowest BCUT2D eigenvalue weighted by molar-refractivity contribution is 0.331. The Morgan fingerprint density at radius 3 is 1.92 bits per heavy atom. The summed E-state index contributed by atoms with van der Waals surface area (Å²) in [5.74, 6) is 0. The third-order valence-corrected chi connectivity index (χ3v) is 6.64. The lowest BCUT2D eigenvalue weighted by atomic mass is 9.62. The average Bonchev–Trinajstić information content (AvgIpc) is 3.30. The summed E-state index contributed by atoms with van der Waals surface area (Å²) in [4.78, 5) is 0. The van der Waals surface area contributed by atoms with Gasteiger partial charge in [-0.2, -0.15) is 0 Å². The molecule has 1 fully saturated rings. The van der Waals surface area contributed by atoms with Crippen molar-refractivity contribution in [3.05, 3.63) is 58.2 Å². The third kappa shape index (κ3) is 2.89. The molecule has 2 aliphatic carbocycles. The molecule has 0 heterocycles. The zero-order chi connectivity index (χ0) is 17.8. The molecule has 0 heteroatoms. The van der Waals surface area contributed by atoms with E-state index in [1.54, 1.807) is 16.7 Å². The average molecular weight is 323 g/mol. The molecule has 0 amide bonds. The lowest BCUT2D eigenvalue weighted by Gasteiger charge is -2.42. The second kappa shape index (κ2) is 5.61. The summed E-state index contributed by atoms with van der Waals surface area (Å²) in [7, 11) is 0. The monoisotopic (exact) mass is 322 g/mol. The van der Waals surface area contributed by atoms with Gasteiger partial charge >= 0.3 is 0 Å². The molecule has 3 rings (SSSR count). The van der Waals surface area contributed by atoms with Gasteiger partial charge in [0.2, 0.25) is 0 Å². The first kappa shape index (κ1) is 17.5. The predicted octanol–water partition coefficient (Wildman–Crippen LogP) is 6.90. The van der Waals surface area contributed by atoms with Gasteiger partial charge < -0.3 is 0 Å². The number of rotatable bonds is 3. The summed E-state index contributed by atoms with van der Waals surface area (Å²) in [6, 6.07) is 5.09. The van der Waals surface area contributed by atoms with E-state index < -0.39 is 0 Å². The van der Waals surface area contributed by atoms with Crippen molar-refractivity contribution in [2.24, 2.45) is 0 Å². The zero-order valence-electron chi connectivity index (χ0n) is 16.7. The fraction of sp³-hybridized carbons (Fsp3) is 0.583. The Kier molecular flexibility index (Phi) is 4.10. The minimum absolute atomic E-state index is 0.293. The van der Waals surface area contributed by atoms with Crippen LogP contribution in [0.4, 0.5) is 0 Å². The molecule has 130 valence electrons. The van der Waals surface area contributed by atoms with Crippen LogP contribution in [0.15, 0.2) is 35.9 Å². The smallest absolute Gasteiger partial charge is 0.0139 e. The lowest BCUT2D eigenvalue weighted by Crippen LogP contribution is -2.34. The largest absolute Gasteiger partial charge is 0.0847 e. The van der Waals surface area contributed by atoms with Gasteiger partial charge in [-0.3, -0.25) is 0 Å². The fourth-order valence-electron chi connectivity index (χ4n) is 4.31. The van der Waals surface area contributed by atoms with Crippen LogP contribution in [-0.2, 0) is 16.2 Å². The van der Waals surface area contributed by atoms with E-state index in [2.05, 4.69) is 78.8 Å². The van der Waals surface area contributed by atoms with E-state index in [4.69, 9.17) is 0 Å². The van der Waals surface area contributed by atoms with Gasteiger partial charge in [0.15, 0.2) is 0 Å². The minimum atomic E-state index is 0.293. The van der Waals surface area contributed by atoms with Crippen LogP contribution >= 0.6 is 0 Å². The first-order valence-electron chi connectivity index (χ1n) is 9.60. The molecule has 0 radical (unpaired) electrons. The summed E-state index contributed by atoms with van der Waals surface area (Å²) in [5.41, 5.74) is 8.51. The Labute approximate surface area is 149 Å². The number of benzene rings is 1. The molecule has 0 spiro atoms. The van der Waals surface area contributed by atoms with Gasteiger partial charge in [0.25, 0.3) is 0 Å². The first-order chi connectivity index (χ1) is 11.1. The van der Waals surface area contributed by atoms with Crippen LogP contribution in [0.25, 0.3) is 0 Å². The number of fused-ring (bicyclic) bond motifs is 1. The van der Waals surface area contributed by atoms with Gasteiger partial charge in [-0.1, -0.05) is 63.6 Å². The molecule has 0 unspecified atom stereocenters. The highest BCUT2D eigenvalue weighted by atomic mass is 14.5. The molecule has 0 N–H and O–H groups in total. The number of hydrogen-bond donors (Lipinski definition) is 0. The first-order valence-corrected chi connectivity index (χ1v) is 9.60. The van der Waals surface area contributed by atoms with Crippen molar-refractivity contribution < 1.29 is 0 Å². The van der Waals surface area contributed by atoms with E-state index in [1.165, 1.54) is 36.8 Å². The molecule has 0 aromatic heterocycles. The number of allylic oxidation sites excluding steroid dienone is 4. The topological polar surface area (TPSA) is 0 Å². The van der Waals surface area contributed by atoms with E-state index in [0.717, 1.165) is 0 Å². The van der Waals surface area contributed by atoms with Crippen LogP contribution in [0, 0.1) is 6.92 Å². The third-order valence-electron chi connectivity index (χ3n) is 6.64. The van der Waals surface area contributed by atoms with Gasteiger partial charge in [0, 0.05) is 5.41 Å². The van der Waals surface area contributed by atoms with Crippen molar-refractivity contribution in [1.82, 2.24) is 0 Å². The van der Waals surface area contributed by atoms with E-state index in [9.17, 15) is 0 Å². The maximum atomic E-state index is 2.58. The van der Waals surface area contributed by atoms with Gasteiger partial charge in [0.1, 0.15) is 0 Å². The summed E-state index contributed by atoms with van der Waals surface area (Å²) in [6.07, 6.45) is 12.2. The quantitative estimate of drug-likeness (QED) is 0.531. The summed E-state index contributed by atoms with van der Waals surface area (Å²) in [6.45, 7) is 16.3. The predicted molar refractivity (Wildman–Crippen MR) is 106 cm³/mol. The van der Waals surface area contributed by atoms with Crippen LogP contribution in [0.3, 0.4) is 0 Å². The van der Waals surface area contributed by atoms with Crippen molar-refractivity contribution in [3.8, 4) is 0 Å². The van der Waals surface area contributed by atoms with Crippen molar-refractivity contribution in [3.63, 3.8) is 0 Å². The van der Waals surface area contributed by atoms with E-state index in [-0.39, 0.29) is 0 Å². The molecule has 0 atom stereocenters. The second-order valence-corrected chi connectivity index (χ2v) is 9.50. The molecular formula is C24H34. The minimum Gasteiger partial charge on any atom is -0.0847 e.